The zero-order valence-electron chi connectivity index (χ0n) is 18.2. The predicted octanol–water partition coefficient (Wildman–Crippen LogP) is 3.19. The fraction of sp³-hybridized carbons (Fsp3) is 0.320. The van der Waals surface area contributed by atoms with Crippen molar-refractivity contribution in [2.24, 2.45) is 0 Å². The van der Waals surface area contributed by atoms with Crippen molar-refractivity contribution in [2.45, 2.75) is 13.0 Å². The van der Waals surface area contributed by atoms with E-state index in [0.717, 1.165) is 53.6 Å². The van der Waals surface area contributed by atoms with Gasteiger partial charge in [0, 0.05) is 31.4 Å². The van der Waals surface area contributed by atoms with Crippen LogP contribution in [0.1, 0.15) is 21.6 Å². The Balaban J connectivity index is 1.31. The molecule has 1 saturated heterocycles. The van der Waals surface area contributed by atoms with Crippen LogP contribution in [0.5, 0.6) is 5.75 Å². The van der Waals surface area contributed by atoms with Gasteiger partial charge in [-0.25, -0.2) is 9.97 Å². The van der Waals surface area contributed by atoms with Crippen LogP contribution >= 0.6 is 0 Å². The van der Waals surface area contributed by atoms with Crippen molar-refractivity contribution in [1.29, 1.82) is 0 Å². The van der Waals surface area contributed by atoms with Crippen LogP contribution in [0.3, 0.4) is 0 Å². The molecular formula is C25H26N4O3. The molecule has 0 spiro atoms. The Labute approximate surface area is 187 Å². The molecule has 3 aromatic rings. The first-order valence-corrected chi connectivity index (χ1v) is 10.9. The molecule has 0 unspecified atom stereocenters. The SMILES string of the molecule is COc1cccc(-c2ccc(C(=O)N3CCc4cnc(N5CCOCC5)nc4C3)cc2)c1. The number of carbonyl (C=O) groups excluding carboxylic acids is 1. The molecule has 0 atom stereocenters. The molecule has 0 aliphatic carbocycles. The standard InChI is InChI=1S/C25H26N4O3/c1-31-22-4-2-3-20(15-22)18-5-7-19(8-6-18)24(30)29-10-9-21-16-26-25(27-23(21)17-29)28-11-13-32-14-12-28/h2-8,15-16H,9-14,17H2,1H3. The summed E-state index contributed by atoms with van der Waals surface area (Å²) in [5.41, 5.74) is 4.85. The van der Waals surface area contributed by atoms with Crippen molar-refractivity contribution in [3.8, 4) is 16.9 Å². The molecule has 5 rings (SSSR count). The number of benzene rings is 2. The normalized spacial score (nSPS) is 15.9. The summed E-state index contributed by atoms with van der Waals surface area (Å²) in [6.45, 7) is 4.14. The molecule has 1 aromatic heterocycles. The second-order valence-corrected chi connectivity index (χ2v) is 8.03. The molecule has 2 aliphatic heterocycles. The van der Waals surface area contributed by atoms with Crippen LogP contribution in [0.15, 0.2) is 54.7 Å². The number of methoxy groups -OCH3 is 1. The zero-order chi connectivity index (χ0) is 21.9. The van der Waals surface area contributed by atoms with Crippen LogP contribution < -0.4 is 9.64 Å². The molecule has 0 saturated carbocycles. The summed E-state index contributed by atoms with van der Waals surface area (Å²) in [5.74, 6) is 1.57. The summed E-state index contributed by atoms with van der Waals surface area (Å²) in [5, 5.41) is 0. The maximum Gasteiger partial charge on any atom is 0.254 e. The Morgan fingerprint density at radius 2 is 1.84 bits per heavy atom. The van der Waals surface area contributed by atoms with Gasteiger partial charge < -0.3 is 19.3 Å². The van der Waals surface area contributed by atoms with E-state index in [1.54, 1.807) is 7.11 Å². The van der Waals surface area contributed by atoms with E-state index in [2.05, 4.69) is 9.88 Å². The van der Waals surface area contributed by atoms with Gasteiger partial charge in [0.1, 0.15) is 5.75 Å². The first-order chi connectivity index (χ1) is 15.7. The lowest BCUT2D eigenvalue weighted by Crippen LogP contribution is -2.39. The summed E-state index contributed by atoms with van der Waals surface area (Å²) < 4.78 is 10.7. The maximum atomic E-state index is 13.2. The monoisotopic (exact) mass is 430 g/mol. The lowest BCUT2D eigenvalue weighted by Gasteiger charge is -2.30. The second-order valence-electron chi connectivity index (χ2n) is 8.03. The van der Waals surface area contributed by atoms with Crippen molar-refractivity contribution in [3.63, 3.8) is 0 Å². The quantitative estimate of drug-likeness (QED) is 0.633. The molecule has 164 valence electrons. The van der Waals surface area contributed by atoms with E-state index in [0.29, 0.717) is 31.9 Å². The molecule has 1 fully saturated rings. The number of hydrogen-bond acceptors (Lipinski definition) is 6. The van der Waals surface area contributed by atoms with Crippen molar-refractivity contribution in [2.75, 3.05) is 44.9 Å². The topological polar surface area (TPSA) is 67.8 Å². The molecule has 0 N–H and O–H groups in total. The number of anilines is 1. The van der Waals surface area contributed by atoms with Crippen molar-refractivity contribution in [1.82, 2.24) is 14.9 Å². The number of carbonyl (C=O) groups is 1. The van der Waals surface area contributed by atoms with E-state index < -0.39 is 0 Å². The highest BCUT2D eigenvalue weighted by atomic mass is 16.5. The van der Waals surface area contributed by atoms with E-state index in [9.17, 15) is 4.79 Å². The molecule has 3 heterocycles. The number of rotatable bonds is 4. The summed E-state index contributed by atoms with van der Waals surface area (Å²) in [4.78, 5) is 26.5. The molecule has 2 aromatic carbocycles. The number of hydrogen-bond donors (Lipinski definition) is 0. The summed E-state index contributed by atoms with van der Waals surface area (Å²) >= 11 is 0. The Morgan fingerprint density at radius 3 is 2.62 bits per heavy atom. The van der Waals surface area contributed by atoms with Crippen molar-refractivity contribution >= 4 is 11.9 Å². The van der Waals surface area contributed by atoms with Gasteiger partial charge >= 0.3 is 0 Å². The highest BCUT2D eigenvalue weighted by Crippen LogP contribution is 2.25. The lowest BCUT2D eigenvalue weighted by atomic mass is 10.0. The largest absolute Gasteiger partial charge is 0.497 e. The van der Waals surface area contributed by atoms with Gasteiger partial charge in [0.25, 0.3) is 5.91 Å². The third-order valence-electron chi connectivity index (χ3n) is 6.05. The fourth-order valence-corrected chi connectivity index (χ4v) is 4.17. The first kappa shape index (κ1) is 20.5. The van der Waals surface area contributed by atoms with Crippen molar-refractivity contribution < 1.29 is 14.3 Å². The number of aromatic nitrogens is 2. The van der Waals surface area contributed by atoms with Crippen LogP contribution in [0.4, 0.5) is 5.95 Å². The Kier molecular flexibility index (Phi) is 5.73. The Morgan fingerprint density at radius 1 is 1.03 bits per heavy atom. The number of nitrogens with zero attached hydrogens (tertiary/aromatic N) is 4. The number of amides is 1. The van der Waals surface area contributed by atoms with E-state index in [-0.39, 0.29) is 5.91 Å². The van der Waals surface area contributed by atoms with E-state index >= 15 is 0 Å². The first-order valence-electron chi connectivity index (χ1n) is 10.9. The minimum atomic E-state index is 0.0272. The summed E-state index contributed by atoms with van der Waals surface area (Å²) in [6.07, 6.45) is 2.68. The van der Waals surface area contributed by atoms with Gasteiger partial charge in [0.15, 0.2) is 0 Å². The van der Waals surface area contributed by atoms with Crippen LogP contribution in [-0.2, 0) is 17.7 Å². The molecule has 2 aliphatic rings. The number of ether oxygens (including phenoxy) is 2. The highest BCUT2D eigenvalue weighted by Gasteiger charge is 2.24. The van der Waals surface area contributed by atoms with Crippen LogP contribution in [0, 0.1) is 0 Å². The summed E-state index contributed by atoms with van der Waals surface area (Å²) in [6, 6.07) is 15.7. The van der Waals surface area contributed by atoms with Gasteiger partial charge in [-0.1, -0.05) is 24.3 Å². The minimum Gasteiger partial charge on any atom is -0.497 e. The van der Waals surface area contributed by atoms with Gasteiger partial charge in [-0.15, -0.1) is 0 Å². The third-order valence-corrected chi connectivity index (χ3v) is 6.05. The Bertz CT molecular complexity index is 1110. The van der Waals surface area contributed by atoms with Gasteiger partial charge in [-0.3, -0.25) is 4.79 Å². The van der Waals surface area contributed by atoms with Crippen LogP contribution in [-0.4, -0.2) is 60.7 Å². The van der Waals surface area contributed by atoms with Crippen molar-refractivity contribution in [3.05, 3.63) is 71.5 Å². The zero-order valence-corrected chi connectivity index (χ0v) is 18.2. The average molecular weight is 431 g/mol. The number of morpholine rings is 1. The summed E-state index contributed by atoms with van der Waals surface area (Å²) in [7, 11) is 1.66. The molecule has 7 nitrogen and oxygen atoms in total. The molecule has 32 heavy (non-hydrogen) atoms. The number of fused-ring (bicyclic) bond motifs is 1. The van der Waals surface area contributed by atoms with E-state index in [1.165, 1.54) is 0 Å². The van der Waals surface area contributed by atoms with Gasteiger partial charge in [0.05, 0.1) is 32.6 Å². The highest BCUT2D eigenvalue weighted by molar-refractivity contribution is 5.94. The van der Waals surface area contributed by atoms with E-state index in [4.69, 9.17) is 14.5 Å². The average Bonchev–Trinajstić information content (AvgIpc) is 2.88. The maximum absolute atomic E-state index is 13.2. The van der Waals surface area contributed by atoms with Crippen LogP contribution in [0.25, 0.3) is 11.1 Å². The minimum absolute atomic E-state index is 0.0272. The molecule has 0 bridgehead atoms. The molecule has 7 heteroatoms. The Hall–Kier alpha value is -3.45. The molecule has 1 amide bonds. The lowest BCUT2D eigenvalue weighted by molar-refractivity contribution is 0.0731. The third kappa shape index (κ3) is 4.16. The molecule has 0 radical (unpaired) electrons. The smallest absolute Gasteiger partial charge is 0.254 e. The predicted molar refractivity (Wildman–Crippen MR) is 122 cm³/mol. The second kappa shape index (κ2) is 8.96. The van der Waals surface area contributed by atoms with Gasteiger partial charge in [-0.05, 0) is 47.4 Å². The fourth-order valence-electron chi connectivity index (χ4n) is 4.17. The van der Waals surface area contributed by atoms with Gasteiger partial charge in [-0.2, -0.15) is 0 Å². The molecular weight excluding hydrogens is 404 g/mol. The van der Waals surface area contributed by atoms with Crippen LogP contribution in [0.2, 0.25) is 0 Å². The van der Waals surface area contributed by atoms with E-state index in [1.807, 2.05) is 59.6 Å². The van der Waals surface area contributed by atoms with Gasteiger partial charge in [0.2, 0.25) is 5.95 Å².